The first-order valence-corrected chi connectivity index (χ1v) is 8.57. The second-order valence-electron chi connectivity index (χ2n) is 5.60. The molecule has 0 saturated heterocycles. The van der Waals surface area contributed by atoms with Gasteiger partial charge >= 0.3 is 5.97 Å². The van der Waals surface area contributed by atoms with Crippen LogP contribution in [0.2, 0.25) is 0 Å². The normalized spacial score (nSPS) is 10.2. The molecule has 0 bridgehead atoms. The van der Waals surface area contributed by atoms with Gasteiger partial charge in [0.15, 0.2) is 0 Å². The van der Waals surface area contributed by atoms with E-state index in [0.717, 1.165) is 17.5 Å². The van der Waals surface area contributed by atoms with Gasteiger partial charge < -0.3 is 5.11 Å². The summed E-state index contributed by atoms with van der Waals surface area (Å²) in [5.74, 6) is 5.62. The number of aromatic carboxylic acids is 1. The van der Waals surface area contributed by atoms with Crippen molar-refractivity contribution in [1.29, 1.82) is 0 Å². The molecule has 130 valence electrons. The molecule has 0 unspecified atom stereocenters. The zero-order valence-corrected chi connectivity index (χ0v) is 15.1. The number of aromatic nitrogens is 3. The highest BCUT2D eigenvalue weighted by Gasteiger charge is 2.11. The van der Waals surface area contributed by atoms with Gasteiger partial charge in [0, 0.05) is 6.42 Å². The van der Waals surface area contributed by atoms with Gasteiger partial charge in [-0.05, 0) is 28.7 Å². The molecule has 0 amide bonds. The van der Waals surface area contributed by atoms with Crippen LogP contribution in [0.3, 0.4) is 0 Å². The molecule has 1 aromatic heterocycles. The number of rotatable bonds is 4. The van der Waals surface area contributed by atoms with Crippen molar-refractivity contribution in [3.05, 3.63) is 65.5 Å². The van der Waals surface area contributed by atoms with Crippen LogP contribution < -0.4 is 0 Å². The van der Waals surface area contributed by atoms with E-state index in [1.807, 2.05) is 43.3 Å². The fraction of sp³-hybridized carbons (Fsp3) is 0.150. The van der Waals surface area contributed by atoms with Crippen LogP contribution in [0.1, 0.15) is 35.1 Å². The van der Waals surface area contributed by atoms with Crippen LogP contribution in [0.15, 0.2) is 53.7 Å². The lowest BCUT2D eigenvalue weighted by Gasteiger charge is -2.08. The minimum Gasteiger partial charge on any atom is -0.478 e. The number of benzene rings is 2. The Kier molecular flexibility index (Phi) is 5.40. The van der Waals surface area contributed by atoms with Crippen molar-refractivity contribution in [3.63, 3.8) is 0 Å². The van der Waals surface area contributed by atoms with Crippen LogP contribution in [0.4, 0.5) is 0 Å². The zero-order valence-electron chi connectivity index (χ0n) is 14.2. The predicted molar refractivity (Wildman–Crippen MR) is 102 cm³/mol. The standard InChI is InChI=1S/C20H17N3O2S/c1-2-3-8-18-21-20(26)22-23(18)13-14-9-11-15(12-10-14)16-6-4-5-7-17(16)19(24)25/h4-7,9-12H,2,13H2,1H3,(H,22,26)(H,24,25). The van der Waals surface area contributed by atoms with Gasteiger partial charge in [0.25, 0.3) is 0 Å². The van der Waals surface area contributed by atoms with Crippen LogP contribution in [0.25, 0.3) is 11.1 Å². The van der Waals surface area contributed by atoms with Gasteiger partial charge in [-0.1, -0.05) is 55.3 Å². The van der Waals surface area contributed by atoms with E-state index in [1.54, 1.807) is 16.8 Å². The lowest BCUT2D eigenvalue weighted by Crippen LogP contribution is -2.05. The molecule has 0 spiro atoms. The number of carboxylic acid groups (broad SMARTS) is 1. The summed E-state index contributed by atoms with van der Waals surface area (Å²) < 4.78 is 1.71. The number of nitrogens with zero attached hydrogens (tertiary/aromatic N) is 3. The molecule has 0 fully saturated rings. The summed E-state index contributed by atoms with van der Waals surface area (Å²) in [6, 6.07) is 14.7. The van der Waals surface area contributed by atoms with E-state index in [0.29, 0.717) is 23.1 Å². The Labute approximate surface area is 157 Å². The van der Waals surface area contributed by atoms with E-state index in [4.69, 9.17) is 0 Å². The summed E-state index contributed by atoms with van der Waals surface area (Å²) in [4.78, 5) is 15.6. The first-order chi connectivity index (χ1) is 12.6. The number of carbonyl (C=O) groups is 1. The maximum Gasteiger partial charge on any atom is 0.336 e. The third-order valence-corrected chi connectivity index (χ3v) is 3.98. The van der Waals surface area contributed by atoms with Gasteiger partial charge in [-0.25, -0.2) is 9.48 Å². The van der Waals surface area contributed by atoms with Crippen molar-refractivity contribution >= 4 is 18.6 Å². The average molecular weight is 363 g/mol. The molecule has 26 heavy (non-hydrogen) atoms. The summed E-state index contributed by atoms with van der Waals surface area (Å²) in [5, 5.41) is 14.0. The maximum absolute atomic E-state index is 11.4. The molecule has 2 aromatic carbocycles. The summed E-state index contributed by atoms with van der Waals surface area (Å²) in [6.45, 7) is 2.49. The van der Waals surface area contributed by atoms with Crippen molar-refractivity contribution in [3.8, 4) is 23.0 Å². The fourth-order valence-electron chi connectivity index (χ4n) is 2.58. The van der Waals surface area contributed by atoms with Crippen LogP contribution in [0.5, 0.6) is 0 Å². The highest BCUT2D eigenvalue weighted by atomic mass is 32.1. The van der Waals surface area contributed by atoms with Crippen LogP contribution >= 0.6 is 12.6 Å². The predicted octanol–water partition coefficient (Wildman–Crippen LogP) is 3.74. The second-order valence-corrected chi connectivity index (χ2v) is 6.00. The topological polar surface area (TPSA) is 68.0 Å². The molecule has 3 aromatic rings. The first kappa shape index (κ1) is 17.8. The van der Waals surface area contributed by atoms with E-state index in [1.165, 1.54) is 0 Å². The van der Waals surface area contributed by atoms with Crippen molar-refractivity contribution in [2.45, 2.75) is 25.0 Å². The Balaban J connectivity index is 1.87. The van der Waals surface area contributed by atoms with Crippen molar-refractivity contribution in [2.75, 3.05) is 0 Å². The molecule has 0 atom stereocenters. The third-order valence-electron chi connectivity index (χ3n) is 3.79. The van der Waals surface area contributed by atoms with Crippen LogP contribution in [-0.2, 0) is 6.54 Å². The summed E-state index contributed by atoms with van der Waals surface area (Å²) in [5.41, 5.74) is 2.85. The summed E-state index contributed by atoms with van der Waals surface area (Å²) in [6.07, 6.45) is 0.743. The quantitative estimate of drug-likeness (QED) is 0.547. The molecule has 3 rings (SSSR count). The van der Waals surface area contributed by atoms with Gasteiger partial charge in [0.1, 0.15) is 0 Å². The van der Waals surface area contributed by atoms with E-state index in [-0.39, 0.29) is 5.56 Å². The summed E-state index contributed by atoms with van der Waals surface area (Å²) in [7, 11) is 0. The van der Waals surface area contributed by atoms with Crippen molar-refractivity contribution in [2.24, 2.45) is 0 Å². The van der Waals surface area contributed by atoms with Crippen LogP contribution in [0, 0.1) is 11.8 Å². The minimum atomic E-state index is -0.937. The summed E-state index contributed by atoms with van der Waals surface area (Å²) >= 11 is 4.19. The molecule has 0 aliphatic carbocycles. The Morgan fingerprint density at radius 3 is 2.62 bits per heavy atom. The van der Waals surface area contributed by atoms with E-state index >= 15 is 0 Å². The molecule has 1 heterocycles. The highest BCUT2D eigenvalue weighted by molar-refractivity contribution is 7.80. The monoisotopic (exact) mass is 363 g/mol. The fourth-order valence-corrected chi connectivity index (χ4v) is 2.79. The molecule has 1 N–H and O–H groups in total. The molecule has 5 nitrogen and oxygen atoms in total. The number of hydrogen-bond donors (Lipinski definition) is 2. The maximum atomic E-state index is 11.4. The van der Waals surface area contributed by atoms with Gasteiger partial charge in [0.05, 0.1) is 12.1 Å². The SMILES string of the molecule is CCC#Cc1nc(S)nn1Cc1ccc(-c2ccccc2C(=O)O)cc1. The average Bonchev–Trinajstić information content (AvgIpc) is 2.99. The largest absolute Gasteiger partial charge is 0.478 e. The molecule has 6 heteroatoms. The first-order valence-electron chi connectivity index (χ1n) is 8.12. The Bertz CT molecular complexity index is 998. The number of thiol groups is 1. The lowest BCUT2D eigenvalue weighted by atomic mass is 9.99. The minimum absolute atomic E-state index is 0.286. The van der Waals surface area contributed by atoms with Gasteiger partial charge in [-0.2, -0.15) is 4.98 Å². The van der Waals surface area contributed by atoms with Crippen molar-refractivity contribution < 1.29 is 9.90 Å². The third kappa shape index (κ3) is 3.95. The smallest absolute Gasteiger partial charge is 0.336 e. The Morgan fingerprint density at radius 2 is 1.92 bits per heavy atom. The van der Waals surface area contributed by atoms with E-state index in [2.05, 4.69) is 34.6 Å². The Hall–Kier alpha value is -3.04. The molecule has 0 saturated carbocycles. The van der Waals surface area contributed by atoms with Crippen LogP contribution in [-0.4, -0.2) is 25.8 Å². The number of carboxylic acids is 1. The molecular weight excluding hydrogens is 346 g/mol. The van der Waals surface area contributed by atoms with Gasteiger partial charge in [-0.3, -0.25) is 0 Å². The second kappa shape index (κ2) is 7.89. The number of hydrogen-bond acceptors (Lipinski definition) is 4. The molecule has 0 aliphatic heterocycles. The Morgan fingerprint density at radius 1 is 1.19 bits per heavy atom. The molecule has 0 radical (unpaired) electrons. The lowest BCUT2D eigenvalue weighted by molar-refractivity contribution is 0.0697. The van der Waals surface area contributed by atoms with Gasteiger partial charge in [0.2, 0.25) is 11.0 Å². The van der Waals surface area contributed by atoms with Crippen molar-refractivity contribution in [1.82, 2.24) is 14.8 Å². The zero-order chi connectivity index (χ0) is 18.5. The van der Waals surface area contributed by atoms with E-state index < -0.39 is 5.97 Å². The van der Waals surface area contributed by atoms with E-state index in [9.17, 15) is 9.90 Å². The molecular formula is C20H17N3O2S. The molecule has 0 aliphatic rings. The highest BCUT2D eigenvalue weighted by Crippen LogP contribution is 2.24. The van der Waals surface area contributed by atoms with Gasteiger partial charge in [-0.15, -0.1) is 17.7 Å².